The van der Waals surface area contributed by atoms with Gasteiger partial charge in [-0.2, -0.15) is 31.4 Å². The summed E-state index contributed by atoms with van der Waals surface area (Å²) >= 11 is 0. The summed E-state index contributed by atoms with van der Waals surface area (Å²) in [7, 11) is 1.30. The number of nitrogens with one attached hydrogen (secondary N) is 2. The van der Waals surface area contributed by atoms with Crippen LogP contribution in [-0.4, -0.2) is 80.7 Å². The van der Waals surface area contributed by atoms with Crippen molar-refractivity contribution in [2.24, 2.45) is 5.92 Å². The predicted octanol–water partition coefficient (Wildman–Crippen LogP) is 3.75. The van der Waals surface area contributed by atoms with Crippen molar-refractivity contribution in [1.82, 2.24) is 25.4 Å². The minimum Gasteiger partial charge on any atom is -0.481 e. The maximum Gasteiger partial charge on any atom is 0.417 e. The minimum absolute atomic E-state index is 0.00396. The molecular weight excluding hydrogens is 555 g/mol. The number of aromatic amines is 1. The van der Waals surface area contributed by atoms with Crippen molar-refractivity contribution in [1.29, 1.82) is 0 Å². The number of pyridine rings is 1. The van der Waals surface area contributed by atoms with Crippen LogP contribution in [-0.2, 0) is 4.79 Å². The lowest BCUT2D eigenvalue weighted by Gasteiger charge is -2.40. The number of rotatable bonds is 5. The van der Waals surface area contributed by atoms with E-state index >= 15 is 0 Å². The Balaban J connectivity index is 1.43. The Kier molecular flexibility index (Phi) is 8.02. The van der Waals surface area contributed by atoms with Crippen molar-refractivity contribution in [2.75, 3.05) is 13.7 Å². The standard InChI is InChI=1S/C24H26F7N5O4/c1-40-19-9-14(15(25)11-32-19)16-10-17(35-34-16)21(38)36-7-4-12(8-18(36)23(26,27)28)20(37)33-13-2-5-22(39,6-3-13)24(29,30)31/h9-13,18,39H,2-8H2,1H3,(H,33,37)(H,34,35)/t12?,13-,18?,22-. The minimum atomic E-state index is -4.90. The van der Waals surface area contributed by atoms with E-state index in [9.17, 15) is 45.4 Å². The fourth-order valence-electron chi connectivity index (χ4n) is 5.05. The average Bonchev–Trinajstić information content (AvgIpc) is 3.38. The zero-order valence-corrected chi connectivity index (χ0v) is 21.1. The molecule has 2 atom stereocenters. The summed E-state index contributed by atoms with van der Waals surface area (Å²) in [4.78, 5) is 30.0. The molecule has 3 heterocycles. The molecule has 1 aliphatic carbocycles. The zero-order valence-electron chi connectivity index (χ0n) is 21.1. The summed E-state index contributed by atoms with van der Waals surface area (Å²) in [5, 5.41) is 18.5. The summed E-state index contributed by atoms with van der Waals surface area (Å²) < 4.78 is 100. The summed E-state index contributed by atoms with van der Waals surface area (Å²) in [6.07, 6.45) is -11.4. The van der Waals surface area contributed by atoms with Crippen LogP contribution in [0.4, 0.5) is 30.7 Å². The second-order valence-corrected chi connectivity index (χ2v) is 9.96. The Hall–Kier alpha value is -3.43. The van der Waals surface area contributed by atoms with Crippen molar-refractivity contribution >= 4 is 11.8 Å². The van der Waals surface area contributed by atoms with Crippen LogP contribution in [0.25, 0.3) is 11.3 Å². The van der Waals surface area contributed by atoms with Gasteiger partial charge in [0.1, 0.15) is 6.04 Å². The molecule has 2 aromatic heterocycles. The molecule has 4 rings (SSSR count). The van der Waals surface area contributed by atoms with Crippen molar-refractivity contribution in [2.45, 2.75) is 68.6 Å². The van der Waals surface area contributed by atoms with Crippen LogP contribution in [0.5, 0.6) is 5.88 Å². The number of methoxy groups -OCH3 is 1. The summed E-state index contributed by atoms with van der Waals surface area (Å²) in [5.41, 5.74) is -3.33. The number of nitrogens with zero attached hydrogens (tertiary/aromatic N) is 3. The van der Waals surface area contributed by atoms with Crippen molar-refractivity contribution in [3.63, 3.8) is 0 Å². The lowest BCUT2D eigenvalue weighted by Crippen LogP contribution is -2.56. The largest absolute Gasteiger partial charge is 0.481 e. The number of H-pyrrole nitrogens is 1. The van der Waals surface area contributed by atoms with Gasteiger partial charge in [0.25, 0.3) is 5.91 Å². The molecule has 40 heavy (non-hydrogen) atoms. The maximum atomic E-state index is 14.2. The second-order valence-electron chi connectivity index (χ2n) is 9.96. The maximum absolute atomic E-state index is 14.2. The SMILES string of the molecule is COc1cc(-c2cc(C(=O)N3CCC(C(=O)N[C@H]4CC[C@@](O)(C(F)(F)F)CC4)CC3C(F)(F)F)n[nH]2)c(F)cn1. The molecule has 2 aromatic rings. The number of hydrogen-bond donors (Lipinski definition) is 3. The molecule has 220 valence electrons. The van der Waals surface area contributed by atoms with Gasteiger partial charge in [-0.15, -0.1) is 0 Å². The molecule has 1 saturated carbocycles. The lowest BCUT2D eigenvalue weighted by atomic mass is 9.81. The smallest absolute Gasteiger partial charge is 0.417 e. The van der Waals surface area contributed by atoms with Gasteiger partial charge in [-0.25, -0.2) is 9.37 Å². The number of hydrogen-bond acceptors (Lipinski definition) is 6. The molecule has 9 nitrogen and oxygen atoms in total. The zero-order chi connectivity index (χ0) is 29.5. The second kappa shape index (κ2) is 10.9. The van der Waals surface area contributed by atoms with Gasteiger partial charge in [-0.1, -0.05) is 0 Å². The van der Waals surface area contributed by atoms with Gasteiger partial charge < -0.3 is 20.1 Å². The van der Waals surface area contributed by atoms with Gasteiger partial charge in [-0.3, -0.25) is 14.7 Å². The van der Waals surface area contributed by atoms with Crippen molar-refractivity contribution in [3.05, 3.63) is 29.8 Å². The average molecular weight is 581 g/mol. The molecule has 2 fully saturated rings. The third-order valence-corrected chi connectivity index (χ3v) is 7.43. The van der Waals surface area contributed by atoms with Gasteiger partial charge in [0, 0.05) is 30.1 Å². The van der Waals surface area contributed by atoms with E-state index in [2.05, 4.69) is 20.5 Å². The van der Waals surface area contributed by atoms with Crippen molar-refractivity contribution < 1.29 is 50.2 Å². The molecule has 1 saturated heterocycles. The Bertz CT molecular complexity index is 1240. The van der Waals surface area contributed by atoms with E-state index in [-0.39, 0.29) is 36.4 Å². The fourth-order valence-corrected chi connectivity index (χ4v) is 5.05. The summed E-state index contributed by atoms with van der Waals surface area (Å²) in [5.74, 6) is -3.71. The number of carbonyl (C=O) groups is 2. The Morgan fingerprint density at radius 3 is 2.42 bits per heavy atom. The number of aromatic nitrogens is 3. The first-order valence-electron chi connectivity index (χ1n) is 12.4. The Labute approximate surface area is 223 Å². The Morgan fingerprint density at radius 2 is 1.82 bits per heavy atom. The highest BCUT2D eigenvalue weighted by Crippen LogP contribution is 2.42. The normalized spacial score (nSPS) is 25.9. The quantitative estimate of drug-likeness (QED) is 0.463. The number of aliphatic hydroxyl groups is 1. The van der Waals surface area contributed by atoms with Crippen LogP contribution in [0.15, 0.2) is 18.3 Å². The molecule has 0 aromatic carbocycles. The molecule has 2 amide bonds. The van der Waals surface area contributed by atoms with E-state index in [1.807, 2.05) is 0 Å². The summed E-state index contributed by atoms with van der Waals surface area (Å²) in [6, 6.07) is -0.745. The first-order valence-corrected chi connectivity index (χ1v) is 12.4. The molecule has 3 N–H and O–H groups in total. The molecule has 0 bridgehead atoms. The van der Waals surface area contributed by atoms with E-state index in [4.69, 9.17) is 4.74 Å². The molecule has 0 radical (unpaired) electrons. The lowest BCUT2D eigenvalue weighted by molar-refractivity contribution is -0.270. The van der Waals surface area contributed by atoms with Crippen LogP contribution in [0.3, 0.4) is 0 Å². The van der Waals surface area contributed by atoms with E-state index in [1.165, 1.54) is 13.2 Å². The van der Waals surface area contributed by atoms with Gasteiger partial charge in [0.15, 0.2) is 17.1 Å². The topological polar surface area (TPSA) is 120 Å². The number of alkyl halides is 6. The first-order chi connectivity index (χ1) is 18.6. The highest BCUT2D eigenvalue weighted by molar-refractivity contribution is 5.94. The van der Waals surface area contributed by atoms with E-state index in [1.54, 1.807) is 0 Å². The monoisotopic (exact) mass is 581 g/mol. The summed E-state index contributed by atoms with van der Waals surface area (Å²) in [6.45, 7) is -0.445. The Morgan fingerprint density at radius 1 is 1.15 bits per heavy atom. The third kappa shape index (κ3) is 6.00. The van der Waals surface area contributed by atoms with Gasteiger partial charge >= 0.3 is 12.4 Å². The van der Waals surface area contributed by atoms with Gasteiger partial charge in [0.2, 0.25) is 11.8 Å². The van der Waals surface area contributed by atoms with Gasteiger partial charge in [0.05, 0.1) is 19.0 Å². The predicted molar refractivity (Wildman–Crippen MR) is 123 cm³/mol. The van der Waals surface area contributed by atoms with Crippen LogP contribution in [0.2, 0.25) is 0 Å². The number of amides is 2. The molecular formula is C24H26F7N5O4. The highest BCUT2D eigenvalue weighted by Gasteiger charge is 2.55. The van der Waals surface area contributed by atoms with Crippen LogP contribution in [0, 0.1) is 11.7 Å². The number of ether oxygens (including phenoxy) is 1. The van der Waals surface area contributed by atoms with Crippen LogP contribution >= 0.6 is 0 Å². The van der Waals surface area contributed by atoms with Gasteiger partial charge in [-0.05, 0) is 44.6 Å². The van der Waals surface area contributed by atoms with Crippen LogP contribution in [0.1, 0.15) is 49.0 Å². The third-order valence-electron chi connectivity index (χ3n) is 7.43. The molecule has 1 aliphatic heterocycles. The molecule has 16 heteroatoms. The first kappa shape index (κ1) is 29.6. The molecule has 0 spiro atoms. The van der Waals surface area contributed by atoms with E-state index < -0.39 is 85.1 Å². The highest BCUT2D eigenvalue weighted by atomic mass is 19.4. The molecule has 2 unspecified atom stereocenters. The number of carbonyl (C=O) groups excluding carboxylic acids is 2. The number of likely N-dealkylation sites (tertiary alicyclic amines) is 1. The van der Waals surface area contributed by atoms with Crippen molar-refractivity contribution in [3.8, 4) is 17.1 Å². The number of piperidine rings is 1. The fraction of sp³-hybridized carbons (Fsp3) is 0.583. The number of halogens is 7. The van der Waals surface area contributed by atoms with E-state index in [0.717, 1.165) is 12.3 Å². The van der Waals surface area contributed by atoms with E-state index in [0.29, 0.717) is 4.90 Å². The van der Waals surface area contributed by atoms with Crippen LogP contribution < -0.4 is 10.1 Å². The molecule has 2 aliphatic rings.